The molecule has 0 aliphatic rings. The second-order valence-electron chi connectivity index (χ2n) is 3.03. The van der Waals surface area contributed by atoms with Crippen LogP contribution in [0.3, 0.4) is 0 Å². The van der Waals surface area contributed by atoms with Crippen molar-refractivity contribution in [2.45, 2.75) is 11.8 Å². The lowest BCUT2D eigenvalue weighted by Gasteiger charge is -2.09. The molecular formula is C9H10ClFN2O4S. The van der Waals surface area contributed by atoms with Crippen molar-refractivity contribution in [1.82, 2.24) is 10.3 Å². The van der Waals surface area contributed by atoms with Crippen molar-refractivity contribution in [2.24, 2.45) is 0 Å². The fourth-order valence-corrected chi connectivity index (χ4v) is 2.39. The normalized spacial score (nSPS) is 11.1. The molecule has 0 saturated carbocycles. The average molecular weight is 297 g/mol. The van der Waals surface area contributed by atoms with E-state index in [1.807, 2.05) is 5.43 Å². The van der Waals surface area contributed by atoms with E-state index < -0.39 is 21.9 Å². The lowest BCUT2D eigenvalue weighted by molar-refractivity contribution is 0.150. The summed E-state index contributed by atoms with van der Waals surface area (Å²) in [4.78, 5) is 12.3. The summed E-state index contributed by atoms with van der Waals surface area (Å²) < 4.78 is 40.6. The van der Waals surface area contributed by atoms with E-state index in [0.717, 1.165) is 18.2 Å². The van der Waals surface area contributed by atoms with Gasteiger partial charge in [-0.25, -0.2) is 23.0 Å². The molecule has 1 aromatic carbocycles. The SMILES string of the molecule is CCOC(=O)NNS(=O)(=O)c1ccc(F)cc1Cl. The Morgan fingerprint density at radius 2 is 2.17 bits per heavy atom. The second kappa shape index (κ2) is 5.98. The lowest BCUT2D eigenvalue weighted by Crippen LogP contribution is -2.41. The Kier molecular flexibility index (Phi) is 4.88. The van der Waals surface area contributed by atoms with Crippen LogP contribution < -0.4 is 10.3 Å². The summed E-state index contributed by atoms with van der Waals surface area (Å²) in [5.41, 5.74) is 1.81. The van der Waals surface area contributed by atoms with Gasteiger partial charge in [0, 0.05) is 0 Å². The number of nitrogens with one attached hydrogen (secondary N) is 2. The summed E-state index contributed by atoms with van der Waals surface area (Å²) in [6.07, 6.45) is -0.959. The standard InChI is InChI=1S/C9H10ClFN2O4S/c1-2-17-9(14)12-13-18(15,16)8-4-3-6(11)5-7(8)10/h3-5,13H,2H2,1H3,(H,12,14). The van der Waals surface area contributed by atoms with E-state index in [1.165, 1.54) is 0 Å². The number of halogens is 2. The van der Waals surface area contributed by atoms with Crippen LogP contribution >= 0.6 is 11.6 Å². The zero-order valence-corrected chi connectivity index (χ0v) is 10.8. The Morgan fingerprint density at radius 1 is 1.50 bits per heavy atom. The Hall–Kier alpha value is -1.38. The topological polar surface area (TPSA) is 84.5 Å². The van der Waals surface area contributed by atoms with Crippen molar-refractivity contribution in [3.63, 3.8) is 0 Å². The van der Waals surface area contributed by atoms with Gasteiger partial charge in [0.25, 0.3) is 10.0 Å². The average Bonchev–Trinajstić information content (AvgIpc) is 2.26. The molecule has 0 spiro atoms. The molecule has 0 radical (unpaired) electrons. The van der Waals surface area contributed by atoms with Gasteiger partial charge in [0.15, 0.2) is 0 Å². The molecule has 1 aromatic rings. The van der Waals surface area contributed by atoms with Gasteiger partial charge < -0.3 is 4.74 Å². The van der Waals surface area contributed by atoms with E-state index >= 15 is 0 Å². The number of sulfonamides is 1. The minimum absolute atomic E-state index is 0.0882. The molecule has 2 N–H and O–H groups in total. The number of carbonyl (C=O) groups is 1. The van der Waals surface area contributed by atoms with Gasteiger partial charge in [-0.2, -0.15) is 0 Å². The van der Waals surface area contributed by atoms with Crippen LogP contribution in [0.15, 0.2) is 23.1 Å². The Balaban J connectivity index is 2.83. The van der Waals surface area contributed by atoms with Gasteiger partial charge >= 0.3 is 6.09 Å². The van der Waals surface area contributed by atoms with E-state index in [-0.39, 0.29) is 16.5 Å². The molecule has 9 heteroatoms. The summed E-state index contributed by atoms with van der Waals surface area (Å²) in [5.74, 6) is -0.669. The third-order valence-corrected chi connectivity index (χ3v) is 3.48. The van der Waals surface area contributed by atoms with Crippen LogP contribution in [-0.2, 0) is 14.8 Å². The maximum Gasteiger partial charge on any atom is 0.422 e. The van der Waals surface area contributed by atoms with Crippen LogP contribution in [-0.4, -0.2) is 21.1 Å². The minimum atomic E-state index is -4.08. The Bertz CT molecular complexity index is 549. The molecule has 6 nitrogen and oxygen atoms in total. The van der Waals surface area contributed by atoms with Crippen LogP contribution in [0.1, 0.15) is 6.92 Å². The first-order valence-corrected chi connectivity index (χ1v) is 6.62. The van der Waals surface area contributed by atoms with Gasteiger partial charge in [-0.05, 0) is 25.1 Å². The van der Waals surface area contributed by atoms with Crippen LogP contribution in [0.5, 0.6) is 0 Å². The zero-order valence-electron chi connectivity index (χ0n) is 9.24. The highest BCUT2D eigenvalue weighted by Gasteiger charge is 2.19. The van der Waals surface area contributed by atoms with Crippen LogP contribution in [0, 0.1) is 5.82 Å². The summed E-state index contributed by atoms with van der Waals surface area (Å²) in [6, 6.07) is 2.76. The smallest absolute Gasteiger partial charge is 0.422 e. The van der Waals surface area contributed by atoms with E-state index in [9.17, 15) is 17.6 Å². The number of benzene rings is 1. The van der Waals surface area contributed by atoms with Crippen molar-refractivity contribution in [3.05, 3.63) is 29.0 Å². The fraction of sp³-hybridized carbons (Fsp3) is 0.222. The lowest BCUT2D eigenvalue weighted by atomic mass is 10.3. The highest BCUT2D eigenvalue weighted by molar-refractivity contribution is 7.89. The van der Waals surface area contributed by atoms with Gasteiger partial charge in [0.1, 0.15) is 10.7 Å². The van der Waals surface area contributed by atoms with Gasteiger partial charge in [-0.15, -0.1) is 4.83 Å². The molecule has 0 fully saturated rings. The van der Waals surface area contributed by atoms with E-state index in [2.05, 4.69) is 4.74 Å². The molecule has 0 saturated heterocycles. The molecule has 1 amide bonds. The van der Waals surface area contributed by atoms with Gasteiger partial charge in [0.05, 0.1) is 11.6 Å². The number of rotatable bonds is 4. The number of carbonyl (C=O) groups excluding carboxylic acids is 1. The van der Waals surface area contributed by atoms with Gasteiger partial charge in [-0.3, -0.25) is 0 Å². The van der Waals surface area contributed by atoms with Crippen molar-refractivity contribution >= 4 is 27.7 Å². The Labute approximate surface area is 108 Å². The maximum atomic E-state index is 12.8. The number of amides is 1. The second-order valence-corrected chi connectivity index (χ2v) is 5.08. The number of hydrazine groups is 1. The Morgan fingerprint density at radius 3 is 2.72 bits per heavy atom. The number of hydrogen-bond acceptors (Lipinski definition) is 4. The predicted molar refractivity (Wildman–Crippen MR) is 61.9 cm³/mol. The molecule has 1 rings (SSSR count). The summed E-state index contributed by atoms with van der Waals surface area (Å²) in [7, 11) is -4.08. The van der Waals surface area contributed by atoms with Gasteiger partial charge in [-0.1, -0.05) is 11.6 Å². The molecule has 0 unspecified atom stereocenters. The third-order valence-electron chi connectivity index (χ3n) is 1.75. The third kappa shape index (κ3) is 3.83. The van der Waals surface area contributed by atoms with Crippen LogP contribution in [0.2, 0.25) is 5.02 Å². The first kappa shape index (κ1) is 14.7. The van der Waals surface area contributed by atoms with Crippen molar-refractivity contribution in [1.29, 1.82) is 0 Å². The molecule has 0 aromatic heterocycles. The van der Waals surface area contributed by atoms with Crippen molar-refractivity contribution < 1.29 is 22.3 Å². The number of hydrogen-bond donors (Lipinski definition) is 2. The fourth-order valence-electron chi connectivity index (χ4n) is 1.02. The van der Waals surface area contributed by atoms with Gasteiger partial charge in [0.2, 0.25) is 0 Å². The summed E-state index contributed by atoms with van der Waals surface area (Å²) in [6.45, 7) is 1.65. The monoisotopic (exact) mass is 296 g/mol. The highest BCUT2D eigenvalue weighted by Crippen LogP contribution is 2.21. The van der Waals surface area contributed by atoms with Crippen LogP contribution in [0.4, 0.5) is 9.18 Å². The van der Waals surface area contributed by atoms with E-state index in [4.69, 9.17) is 11.6 Å². The molecule has 0 aliphatic carbocycles. The molecule has 18 heavy (non-hydrogen) atoms. The number of ether oxygens (including phenoxy) is 1. The predicted octanol–water partition coefficient (Wildman–Crippen LogP) is 1.42. The molecule has 100 valence electrons. The largest absolute Gasteiger partial charge is 0.449 e. The first-order chi connectivity index (χ1) is 8.36. The molecular weight excluding hydrogens is 287 g/mol. The molecule has 0 aliphatic heterocycles. The van der Waals surface area contributed by atoms with E-state index in [1.54, 1.807) is 11.8 Å². The summed E-state index contributed by atoms with van der Waals surface area (Å²) >= 11 is 5.59. The quantitative estimate of drug-likeness (QED) is 0.823. The highest BCUT2D eigenvalue weighted by atomic mass is 35.5. The first-order valence-electron chi connectivity index (χ1n) is 4.76. The van der Waals surface area contributed by atoms with E-state index in [0.29, 0.717) is 0 Å². The summed E-state index contributed by atoms with van der Waals surface area (Å²) in [5, 5.41) is -0.298. The minimum Gasteiger partial charge on any atom is -0.449 e. The molecule has 0 heterocycles. The van der Waals surface area contributed by atoms with Crippen LogP contribution in [0.25, 0.3) is 0 Å². The van der Waals surface area contributed by atoms with Crippen molar-refractivity contribution in [2.75, 3.05) is 6.61 Å². The molecule has 0 atom stereocenters. The zero-order chi connectivity index (χ0) is 13.8. The maximum absolute atomic E-state index is 12.8. The van der Waals surface area contributed by atoms with Crippen molar-refractivity contribution in [3.8, 4) is 0 Å². The molecule has 0 bridgehead atoms.